The van der Waals surface area contributed by atoms with Gasteiger partial charge in [0.1, 0.15) is 15.8 Å². The van der Waals surface area contributed by atoms with Crippen molar-refractivity contribution in [3.63, 3.8) is 0 Å². The quantitative estimate of drug-likeness (QED) is 0.519. The van der Waals surface area contributed by atoms with Crippen LogP contribution in [0.2, 0.25) is 5.02 Å². The van der Waals surface area contributed by atoms with Gasteiger partial charge < -0.3 is 4.42 Å². The lowest BCUT2D eigenvalue weighted by atomic mass is 10.1. The van der Waals surface area contributed by atoms with Gasteiger partial charge in [0.05, 0.1) is 4.91 Å². The number of furan rings is 1. The van der Waals surface area contributed by atoms with E-state index < -0.39 is 0 Å². The maximum atomic E-state index is 12.4. The van der Waals surface area contributed by atoms with Gasteiger partial charge in [0.2, 0.25) is 0 Å². The van der Waals surface area contributed by atoms with E-state index in [2.05, 4.69) is 0 Å². The summed E-state index contributed by atoms with van der Waals surface area (Å²) >= 11 is 12.7. The highest BCUT2D eigenvalue weighted by atomic mass is 35.5. The normalized spacial score (nSPS) is 16.5. The van der Waals surface area contributed by atoms with Crippen molar-refractivity contribution in [2.24, 2.45) is 0 Å². The maximum Gasteiger partial charge on any atom is 0.266 e. The van der Waals surface area contributed by atoms with Gasteiger partial charge in [-0.1, -0.05) is 54.6 Å². The first-order valence-electron chi connectivity index (χ1n) is 7.61. The topological polar surface area (TPSA) is 33.5 Å². The van der Waals surface area contributed by atoms with Crippen LogP contribution in [-0.2, 0) is 4.79 Å². The first kappa shape index (κ1) is 17.3. The molecule has 3 nitrogen and oxygen atoms in total. The van der Waals surface area contributed by atoms with Gasteiger partial charge in [0.25, 0.3) is 5.91 Å². The predicted octanol–water partition coefficient (Wildman–Crippen LogP) is 5.52. The van der Waals surface area contributed by atoms with E-state index in [1.807, 2.05) is 44.2 Å². The van der Waals surface area contributed by atoms with Crippen LogP contribution in [0.3, 0.4) is 0 Å². The molecule has 0 atom stereocenters. The Morgan fingerprint density at radius 3 is 2.83 bits per heavy atom. The molecule has 0 saturated carbocycles. The number of thiocarbonyl (C=S) groups is 1. The number of amides is 1. The Balaban J connectivity index is 1.85. The number of carbonyl (C=O) groups is 1. The van der Waals surface area contributed by atoms with Crippen LogP contribution < -0.4 is 0 Å². The van der Waals surface area contributed by atoms with E-state index in [1.165, 1.54) is 11.8 Å². The van der Waals surface area contributed by atoms with Crippen LogP contribution in [0.5, 0.6) is 0 Å². The third kappa shape index (κ3) is 3.43. The Bertz CT molecular complexity index is 841. The largest absolute Gasteiger partial charge is 0.457 e. The zero-order valence-electron chi connectivity index (χ0n) is 13.3. The van der Waals surface area contributed by atoms with Crippen LogP contribution in [0.4, 0.5) is 0 Å². The van der Waals surface area contributed by atoms with Crippen molar-refractivity contribution >= 4 is 51.9 Å². The SMILES string of the molecule is CCCN1C(=O)/C(=C\c2ccc(-c3ccc(C)c(Cl)c3)o2)SC1=S. The zero-order valence-corrected chi connectivity index (χ0v) is 15.7. The van der Waals surface area contributed by atoms with Gasteiger partial charge in [-0.05, 0) is 37.1 Å². The summed E-state index contributed by atoms with van der Waals surface area (Å²) in [7, 11) is 0. The van der Waals surface area contributed by atoms with Crippen LogP contribution in [0.1, 0.15) is 24.7 Å². The molecule has 6 heteroatoms. The second-order valence-electron chi connectivity index (χ2n) is 5.50. The molecule has 2 heterocycles. The minimum absolute atomic E-state index is 0.0526. The Hall–Kier alpha value is -1.56. The summed E-state index contributed by atoms with van der Waals surface area (Å²) in [5.41, 5.74) is 1.93. The minimum Gasteiger partial charge on any atom is -0.457 e. The molecule has 124 valence electrons. The molecule has 0 N–H and O–H groups in total. The highest BCUT2D eigenvalue weighted by molar-refractivity contribution is 8.26. The molecule has 0 aliphatic carbocycles. The maximum absolute atomic E-state index is 12.4. The molecule has 3 rings (SSSR count). The van der Waals surface area contributed by atoms with Crippen molar-refractivity contribution in [2.75, 3.05) is 6.54 Å². The molecule has 1 saturated heterocycles. The van der Waals surface area contributed by atoms with Crippen molar-refractivity contribution in [3.8, 4) is 11.3 Å². The summed E-state index contributed by atoms with van der Waals surface area (Å²) in [5.74, 6) is 1.29. The van der Waals surface area contributed by atoms with Crippen molar-refractivity contribution < 1.29 is 9.21 Å². The molecule has 0 spiro atoms. The first-order chi connectivity index (χ1) is 11.5. The summed E-state index contributed by atoms with van der Waals surface area (Å²) < 4.78 is 6.44. The summed E-state index contributed by atoms with van der Waals surface area (Å²) in [4.78, 5) is 14.6. The van der Waals surface area contributed by atoms with Crippen molar-refractivity contribution in [1.29, 1.82) is 0 Å². The number of thioether (sulfide) groups is 1. The van der Waals surface area contributed by atoms with Gasteiger partial charge in [0.15, 0.2) is 0 Å². The van der Waals surface area contributed by atoms with Gasteiger partial charge in [-0.15, -0.1) is 0 Å². The molecule has 1 fully saturated rings. The number of benzene rings is 1. The van der Waals surface area contributed by atoms with E-state index in [9.17, 15) is 4.79 Å². The van der Waals surface area contributed by atoms with E-state index >= 15 is 0 Å². The Morgan fingerprint density at radius 2 is 2.12 bits per heavy atom. The summed E-state index contributed by atoms with van der Waals surface area (Å²) in [6.07, 6.45) is 2.62. The average Bonchev–Trinajstić information content (AvgIpc) is 3.11. The molecule has 2 aromatic rings. The number of hydrogen-bond acceptors (Lipinski definition) is 4. The minimum atomic E-state index is -0.0526. The van der Waals surface area contributed by atoms with Gasteiger partial charge in [0, 0.05) is 23.2 Å². The summed E-state index contributed by atoms with van der Waals surface area (Å²) in [5, 5.41) is 0.700. The molecule has 1 aromatic heterocycles. The number of nitrogens with zero attached hydrogens (tertiary/aromatic N) is 1. The molecule has 1 aromatic carbocycles. The lowest BCUT2D eigenvalue weighted by Gasteiger charge is -2.11. The molecular weight excluding hydrogens is 362 g/mol. The van der Waals surface area contributed by atoms with Gasteiger partial charge in [-0.25, -0.2) is 0 Å². The summed E-state index contributed by atoms with van der Waals surface area (Å²) in [6.45, 7) is 4.62. The fourth-order valence-electron chi connectivity index (χ4n) is 2.38. The molecule has 0 radical (unpaired) electrons. The predicted molar refractivity (Wildman–Crippen MR) is 104 cm³/mol. The number of rotatable bonds is 4. The van der Waals surface area contributed by atoms with Crippen LogP contribution >= 0.6 is 35.6 Å². The number of halogens is 1. The van der Waals surface area contributed by atoms with Gasteiger partial charge in [-0.2, -0.15) is 0 Å². The highest BCUT2D eigenvalue weighted by Gasteiger charge is 2.31. The van der Waals surface area contributed by atoms with E-state index in [4.69, 9.17) is 28.2 Å². The zero-order chi connectivity index (χ0) is 17.3. The van der Waals surface area contributed by atoms with Crippen LogP contribution in [0.25, 0.3) is 17.4 Å². The molecule has 0 bridgehead atoms. The molecule has 0 unspecified atom stereocenters. The molecular formula is C18H16ClNO2S2. The first-order valence-corrected chi connectivity index (χ1v) is 9.21. The number of aryl methyl sites for hydroxylation is 1. The van der Waals surface area contributed by atoms with Crippen LogP contribution in [0, 0.1) is 6.92 Å². The summed E-state index contributed by atoms with van der Waals surface area (Å²) in [6, 6.07) is 9.51. The van der Waals surface area contributed by atoms with Crippen molar-refractivity contribution in [2.45, 2.75) is 20.3 Å². The van der Waals surface area contributed by atoms with Gasteiger partial charge >= 0.3 is 0 Å². The third-order valence-corrected chi connectivity index (χ3v) is 5.46. The highest BCUT2D eigenvalue weighted by Crippen LogP contribution is 2.34. The van der Waals surface area contributed by atoms with E-state index in [-0.39, 0.29) is 5.91 Å². The Labute approximate surface area is 155 Å². The van der Waals surface area contributed by atoms with Crippen LogP contribution in [-0.4, -0.2) is 21.7 Å². The fraction of sp³-hybridized carbons (Fsp3) is 0.222. The average molecular weight is 378 g/mol. The standard InChI is InChI=1S/C18H16ClNO2S2/c1-3-8-20-17(21)16(24-18(20)23)10-13-6-7-15(22-13)12-5-4-11(2)14(19)9-12/h4-7,9-10H,3,8H2,1-2H3/b16-10+. The molecule has 1 amide bonds. The Kier molecular flexibility index (Phi) is 5.13. The van der Waals surface area contributed by atoms with Gasteiger partial charge in [-0.3, -0.25) is 9.69 Å². The smallest absolute Gasteiger partial charge is 0.266 e. The van der Waals surface area contributed by atoms with E-state index in [0.29, 0.717) is 32.3 Å². The number of carbonyl (C=O) groups excluding carboxylic acids is 1. The lowest BCUT2D eigenvalue weighted by molar-refractivity contribution is -0.122. The number of hydrogen-bond donors (Lipinski definition) is 0. The van der Waals surface area contributed by atoms with Crippen molar-refractivity contribution in [3.05, 3.63) is 51.6 Å². The lowest BCUT2D eigenvalue weighted by Crippen LogP contribution is -2.28. The van der Waals surface area contributed by atoms with E-state index in [1.54, 1.807) is 11.0 Å². The second kappa shape index (κ2) is 7.13. The fourth-order valence-corrected chi connectivity index (χ4v) is 3.85. The Morgan fingerprint density at radius 1 is 1.33 bits per heavy atom. The molecule has 1 aliphatic heterocycles. The van der Waals surface area contributed by atoms with E-state index in [0.717, 1.165) is 17.5 Å². The monoisotopic (exact) mass is 377 g/mol. The van der Waals surface area contributed by atoms with Crippen molar-refractivity contribution in [1.82, 2.24) is 4.90 Å². The van der Waals surface area contributed by atoms with Crippen LogP contribution in [0.15, 0.2) is 39.7 Å². The third-order valence-electron chi connectivity index (χ3n) is 3.68. The molecule has 1 aliphatic rings. The second-order valence-corrected chi connectivity index (χ2v) is 7.58. The molecule has 24 heavy (non-hydrogen) atoms.